The van der Waals surface area contributed by atoms with E-state index in [-0.39, 0.29) is 0 Å². The third-order valence-electron chi connectivity index (χ3n) is 12.8. The van der Waals surface area contributed by atoms with Crippen molar-refractivity contribution in [1.29, 1.82) is 0 Å². The molecule has 64 heavy (non-hydrogen) atoms. The van der Waals surface area contributed by atoms with Crippen molar-refractivity contribution in [3.05, 3.63) is 206 Å². The first-order valence-corrected chi connectivity index (χ1v) is 23.1. The van der Waals surface area contributed by atoms with Gasteiger partial charge in [0, 0.05) is 108 Å². The molecule has 0 bridgehead atoms. The number of rotatable bonds is 6. The first-order valence-electron chi connectivity index (χ1n) is 21.5. The molecular formula is C58H34N2O2S2. The van der Waals surface area contributed by atoms with E-state index < -0.39 is 0 Å². The van der Waals surface area contributed by atoms with Gasteiger partial charge in [-0.1, -0.05) is 84.9 Å². The number of anilines is 6. The van der Waals surface area contributed by atoms with Crippen molar-refractivity contribution in [2.24, 2.45) is 0 Å². The maximum atomic E-state index is 6.35. The molecule has 0 fully saturated rings. The van der Waals surface area contributed by atoms with E-state index in [0.717, 1.165) is 78.0 Å². The number of hydrogen-bond donors (Lipinski definition) is 0. The summed E-state index contributed by atoms with van der Waals surface area (Å²) < 4.78 is 17.8. The van der Waals surface area contributed by atoms with Gasteiger partial charge in [0.25, 0.3) is 0 Å². The Bertz CT molecular complexity index is 3890. The molecule has 0 aliphatic heterocycles. The fraction of sp³-hybridized carbons (Fsp3) is 0. The van der Waals surface area contributed by atoms with Crippen LogP contribution in [0.2, 0.25) is 0 Å². The molecular weight excluding hydrogens is 821 g/mol. The third-order valence-corrected chi connectivity index (χ3v) is 15.0. The van der Waals surface area contributed by atoms with Gasteiger partial charge in [0.15, 0.2) is 0 Å². The lowest BCUT2D eigenvalue weighted by atomic mass is 10.0. The van der Waals surface area contributed by atoms with Crippen LogP contribution < -0.4 is 9.80 Å². The molecule has 0 saturated heterocycles. The topological polar surface area (TPSA) is 32.8 Å². The lowest BCUT2D eigenvalue weighted by Gasteiger charge is -2.25. The largest absolute Gasteiger partial charge is 0.456 e. The smallest absolute Gasteiger partial charge is 0.137 e. The molecule has 0 amide bonds. The predicted octanol–water partition coefficient (Wildman–Crippen LogP) is 18.3. The molecule has 0 unspecified atom stereocenters. The van der Waals surface area contributed by atoms with Gasteiger partial charge >= 0.3 is 0 Å². The van der Waals surface area contributed by atoms with E-state index in [0.29, 0.717) is 0 Å². The van der Waals surface area contributed by atoms with Crippen LogP contribution in [-0.4, -0.2) is 0 Å². The minimum absolute atomic E-state index is 0.883. The summed E-state index contributed by atoms with van der Waals surface area (Å²) in [6, 6.07) is 74.2. The van der Waals surface area contributed by atoms with E-state index in [2.05, 4.69) is 192 Å². The zero-order valence-electron chi connectivity index (χ0n) is 34.2. The number of nitrogens with zero attached hydrogens (tertiary/aromatic N) is 2. The Morgan fingerprint density at radius 1 is 0.250 bits per heavy atom. The van der Waals surface area contributed by atoms with Gasteiger partial charge in [0.2, 0.25) is 0 Å². The lowest BCUT2D eigenvalue weighted by Crippen LogP contribution is -2.09. The van der Waals surface area contributed by atoms with Crippen LogP contribution in [0.15, 0.2) is 215 Å². The van der Waals surface area contributed by atoms with Crippen LogP contribution in [0.5, 0.6) is 0 Å². The molecule has 300 valence electrons. The Morgan fingerprint density at radius 3 is 1.06 bits per heavy atom. The van der Waals surface area contributed by atoms with Gasteiger partial charge in [-0.2, -0.15) is 0 Å². The predicted molar refractivity (Wildman–Crippen MR) is 274 cm³/mol. The highest BCUT2D eigenvalue weighted by molar-refractivity contribution is 7.26. The Kier molecular flexibility index (Phi) is 7.69. The zero-order valence-corrected chi connectivity index (χ0v) is 35.8. The molecule has 14 aromatic rings. The van der Waals surface area contributed by atoms with E-state index in [1.165, 1.54) is 51.1 Å². The maximum Gasteiger partial charge on any atom is 0.137 e. The molecule has 0 aliphatic carbocycles. The fourth-order valence-electron chi connectivity index (χ4n) is 9.80. The van der Waals surface area contributed by atoms with E-state index in [9.17, 15) is 0 Å². The number of thiophene rings is 2. The molecule has 0 radical (unpaired) electrons. The minimum atomic E-state index is 0.883. The first-order chi connectivity index (χ1) is 31.7. The minimum Gasteiger partial charge on any atom is -0.456 e. The monoisotopic (exact) mass is 854 g/mol. The van der Waals surface area contributed by atoms with Crippen molar-refractivity contribution in [2.45, 2.75) is 0 Å². The molecule has 0 N–H and O–H groups in total. The second-order valence-electron chi connectivity index (χ2n) is 16.5. The zero-order chi connectivity index (χ0) is 41.9. The summed E-state index contributed by atoms with van der Waals surface area (Å²) in [6.07, 6.45) is 0. The van der Waals surface area contributed by atoms with E-state index in [1.54, 1.807) is 0 Å². The number of hydrogen-bond acceptors (Lipinski definition) is 6. The maximum absolute atomic E-state index is 6.35. The van der Waals surface area contributed by atoms with E-state index in [4.69, 9.17) is 8.83 Å². The van der Waals surface area contributed by atoms with E-state index in [1.807, 2.05) is 46.9 Å². The van der Waals surface area contributed by atoms with Crippen LogP contribution in [0.1, 0.15) is 0 Å². The molecule has 14 rings (SSSR count). The standard InChI is InChI=1S/C58H34N2O2S2/c1-3-11-37(12-4-1)59(39-19-23-45-43-15-7-9-17-51(43)61-53(45)31-39)41-21-25-47-49-27-35-30-56-50(28-36(35)29-55(49)63-57(47)33-41)48-26-22-42(34-58(48)64-56)60(38-13-5-2-6-14-38)40-20-24-46-44-16-8-10-18-52(44)62-54(46)32-40/h1-34H. The first kappa shape index (κ1) is 35.7. The summed E-state index contributed by atoms with van der Waals surface area (Å²) in [5.41, 5.74) is 10.1. The molecule has 6 heteroatoms. The average Bonchev–Trinajstić information content (AvgIpc) is 4.10. The average molecular weight is 855 g/mol. The van der Waals surface area contributed by atoms with Crippen LogP contribution >= 0.6 is 22.7 Å². The van der Waals surface area contributed by atoms with E-state index >= 15 is 0 Å². The molecule has 4 heterocycles. The van der Waals surface area contributed by atoms with Gasteiger partial charge in [-0.25, -0.2) is 0 Å². The van der Waals surface area contributed by atoms with Gasteiger partial charge in [-0.15, -0.1) is 22.7 Å². The quantitative estimate of drug-likeness (QED) is 0.167. The SMILES string of the molecule is c1ccc(N(c2ccc3c(c2)oc2ccccc23)c2ccc3c(c2)sc2cc4cc5c(cc4cc23)sc2cc(N(c3ccccc3)c3ccc4c(c3)oc3ccccc34)ccc25)cc1. The molecule has 10 aromatic carbocycles. The molecule has 0 aliphatic rings. The summed E-state index contributed by atoms with van der Waals surface area (Å²) in [5.74, 6) is 0. The Balaban J connectivity index is 0.858. The fourth-order valence-corrected chi connectivity index (χ4v) is 12.1. The number of fused-ring (bicyclic) bond motifs is 13. The van der Waals surface area contributed by atoms with Crippen molar-refractivity contribution < 1.29 is 8.83 Å². The molecule has 0 spiro atoms. The normalized spacial score (nSPS) is 12.1. The molecule has 0 saturated carbocycles. The van der Waals surface area contributed by atoms with Gasteiger partial charge < -0.3 is 18.6 Å². The van der Waals surface area contributed by atoms with Crippen molar-refractivity contribution >= 4 is 152 Å². The Labute approximate surface area is 374 Å². The lowest BCUT2D eigenvalue weighted by molar-refractivity contribution is 0.668. The molecule has 4 nitrogen and oxygen atoms in total. The highest BCUT2D eigenvalue weighted by Crippen LogP contribution is 2.46. The highest BCUT2D eigenvalue weighted by Gasteiger charge is 2.20. The Hall–Kier alpha value is -7.90. The van der Waals surface area contributed by atoms with Crippen LogP contribution in [0.4, 0.5) is 34.1 Å². The highest BCUT2D eigenvalue weighted by atomic mass is 32.1. The molecule has 0 atom stereocenters. The summed E-state index contributed by atoms with van der Waals surface area (Å²) in [4.78, 5) is 4.66. The number of para-hydroxylation sites is 4. The van der Waals surface area contributed by atoms with Crippen LogP contribution in [-0.2, 0) is 0 Å². The van der Waals surface area contributed by atoms with Crippen LogP contribution in [0.25, 0.3) is 95.0 Å². The van der Waals surface area contributed by atoms with Gasteiger partial charge in [-0.3, -0.25) is 0 Å². The number of benzene rings is 10. The van der Waals surface area contributed by atoms with Crippen LogP contribution in [0.3, 0.4) is 0 Å². The van der Waals surface area contributed by atoms with Crippen molar-refractivity contribution in [3.8, 4) is 0 Å². The number of furan rings is 2. The summed E-state index contributed by atoms with van der Waals surface area (Å²) >= 11 is 3.73. The van der Waals surface area contributed by atoms with Gasteiger partial charge in [0.05, 0.1) is 0 Å². The van der Waals surface area contributed by atoms with Gasteiger partial charge in [0.1, 0.15) is 22.3 Å². The van der Waals surface area contributed by atoms with Crippen LogP contribution in [0, 0.1) is 0 Å². The summed E-state index contributed by atoms with van der Waals surface area (Å²) in [7, 11) is 0. The summed E-state index contributed by atoms with van der Waals surface area (Å²) in [6.45, 7) is 0. The second kappa shape index (κ2) is 13.8. The van der Waals surface area contributed by atoms with Crippen molar-refractivity contribution in [1.82, 2.24) is 0 Å². The third kappa shape index (κ3) is 5.53. The van der Waals surface area contributed by atoms with Crippen molar-refractivity contribution in [2.75, 3.05) is 9.80 Å². The summed E-state index contributed by atoms with van der Waals surface area (Å²) in [5, 5.41) is 12.2. The second-order valence-corrected chi connectivity index (χ2v) is 18.7. The van der Waals surface area contributed by atoms with Crippen molar-refractivity contribution in [3.63, 3.8) is 0 Å². The molecule has 4 aromatic heterocycles. The van der Waals surface area contributed by atoms with Gasteiger partial charge in [-0.05, 0) is 120 Å². The Morgan fingerprint density at radius 2 is 0.609 bits per heavy atom.